The van der Waals surface area contributed by atoms with Gasteiger partial charge in [-0.2, -0.15) is 8.78 Å². The van der Waals surface area contributed by atoms with Gasteiger partial charge < -0.3 is 15.2 Å². The van der Waals surface area contributed by atoms with Crippen LogP contribution in [0.4, 0.5) is 14.5 Å². The third-order valence-electron chi connectivity index (χ3n) is 2.77. The third-order valence-corrected chi connectivity index (χ3v) is 2.77. The summed E-state index contributed by atoms with van der Waals surface area (Å²) in [5, 5.41) is 12.1. The van der Waals surface area contributed by atoms with Gasteiger partial charge in [0.1, 0.15) is 5.75 Å². The van der Waals surface area contributed by atoms with E-state index in [1.807, 2.05) is 0 Å². The molecule has 4 nitrogen and oxygen atoms in total. The van der Waals surface area contributed by atoms with Crippen molar-refractivity contribution in [3.05, 3.63) is 60.2 Å². The monoisotopic (exact) mass is 293 g/mol. The number of carbonyl (C=O) groups is 1. The Morgan fingerprint density at radius 1 is 1.05 bits per heavy atom. The fourth-order valence-electron chi connectivity index (χ4n) is 1.83. The first-order chi connectivity index (χ1) is 10.1. The summed E-state index contributed by atoms with van der Waals surface area (Å²) in [4.78, 5) is 11.3. The lowest BCUT2D eigenvalue weighted by molar-refractivity contribution is -0.138. The molecule has 110 valence electrons. The Morgan fingerprint density at radius 2 is 1.67 bits per heavy atom. The van der Waals surface area contributed by atoms with Crippen LogP contribution < -0.4 is 10.1 Å². The molecule has 0 saturated carbocycles. The maximum Gasteiger partial charge on any atom is 0.387 e. The van der Waals surface area contributed by atoms with Crippen molar-refractivity contribution in [3.8, 4) is 5.75 Å². The summed E-state index contributed by atoms with van der Waals surface area (Å²) in [7, 11) is 0. The summed E-state index contributed by atoms with van der Waals surface area (Å²) in [6, 6.07) is 13.4. The smallest absolute Gasteiger partial charge is 0.387 e. The summed E-state index contributed by atoms with van der Waals surface area (Å²) >= 11 is 0. The molecule has 0 aromatic heterocycles. The first-order valence-electron chi connectivity index (χ1n) is 6.15. The molecular weight excluding hydrogens is 280 g/mol. The first kappa shape index (κ1) is 14.8. The van der Waals surface area contributed by atoms with E-state index in [-0.39, 0.29) is 5.75 Å². The molecule has 0 aliphatic rings. The zero-order valence-corrected chi connectivity index (χ0v) is 10.9. The van der Waals surface area contributed by atoms with Crippen molar-refractivity contribution in [2.24, 2.45) is 0 Å². The molecule has 2 aromatic carbocycles. The second-order valence-corrected chi connectivity index (χ2v) is 4.23. The minimum Gasteiger partial charge on any atom is -0.479 e. The van der Waals surface area contributed by atoms with E-state index in [9.17, 15) is 18.7 Å². The van der Waals surface area contributed by atoms with Crippen molar-refractivity contribution in [1.82, 2.24) is 0 Å². The minimum absolute atomic E-state index is 0.0159. The second kappa shape index (κ2) is 6.69. The van der Waals surface area contributed by atoms with E-state index < -0.39 is 18.6 Å². The number of nitrogens with one attached hydrogen (secondary N) is 1. The number of rotatable bonds is 6. The van der Waals surface area contributed by atoms with Crippen molar-refractivity contribution < 1.29 is 23.4 Å². The number of alkyl halides is 2. The van der Waals surface area contributed by atoms with Crippen LogP contribution in [0.15, 0.2) is 54.6 Å². The summed E-state index contributed by atoms with van der Waals surface area (Å²) in [5.41, 5.74) is 1.09. The van der Waals surface area contributed by atoms with Gasteiger partial charge in [-0.15, -0.1) is 0 Å². The molecule has 0 bridgehead atoms. The maximum atomic E-state index is 12.0. The van der Waals surface area contributed by atoms with Gasteiger partial charge in [0.15, 0.2) is 6.04 Å². The highest BCUT2D eigenvalue weighted by Crippen LogP contribution is 2.22. The number of hydrogen-bond donors (Lipinski definition) is 2. The van der Waals surface area contributed by atoms with E-state index in [1.165, 1.54) is 24.3 Å². The van der Waals surface area contributed by atoms with Crippen LogP contribution in [0.25, 0.3) is 0 Å². The molecule has 0 amide bonds. The van der Waals surface area contributed by atoms with Crippen LogP contribution in [0.1, 0.15) is 11.6 Å². The van der Waals surface area contributed by atoms with Crippen LogP contribution >= 0.6 is 0 Å². The average Bonchev–Trinajstić information content (AvgIpc) is 2.46. The molecule has 2 N–H and O–H groups in total. The standard InChI is InChI=1S/C15H13F2NO3/c16-15(17)21-12-8-6-11(7-9-12)18-13(14(19)20)10-4-2-1-3-5-10/h1-9,13,15,18H,(H,19,20). The van der Waals surface area contributed by atoms with Crippen molar-refractivity contribution in [3.63, 3.8) is 0 Å². The molecule has 0 aliphatic heterocycles. The largest absolute Gasteiger partial charge is 0.479 e. The van der Waals surface area contributed by atoms with E-state index in [4.69, 9.17) is 0 Å². The molecule has 2 rings (SSSR count). The van der Waals surface area contributed by atoms with Gasteiger partial charge >= 0.3 is 12.6 Å². The molecule has 0 aliphatic carbocycles. The van der Waals surface area contributed by atoms with E-state index >= 15 is 0 Å². The maximum absolute atomic E-state index is 12.0. The number of benzene rings is 2. The number of carboxylic acid groups (broad SMARTS) is 1. The molecule has 0 spiro atoms. The number of hydrogen-bond acceptors (Lipinski definition) is 3. The Bertz CT molecular complexity index is 588. The van der Waals surface area contributed by atoms with Gasteiger partial charge in [-0.05, 0) is 29.8 Å². The predicted molar refractivity (Wildman–Crippen MR) is 73.5 cm³/mol. The highest BCUT2D eigenvalue weighted by Gasteiger charge is 2.19. The SMILES string of the molecule is O=C(O)C(Nc1ccc(OC(F)F)cc1)c1ccccc1. The van der Waals surface area contributed by atoms with Crippen molar-refractivity contribution in [2.45, 2.75) is 12.7 Å². The molecule has 6 heteroatoms. The summed E-state index contributed by atoms with van der Waals surface area (Å²) in [6.07, 6.45) is 0. The Kier molecular flexibility index (Phi) is 4.71. The van der Waals surface area contributed by atoms with Crippen molar-refractivity contribution in [2.75, 3.05) is 5.32 Å². The molecule has 1 atom stereocenters. The molecule has 1 unspecified atom stereocenters. The van der Waals surface area contributed by atoms with Crippen LogP contribution in [0, 0.1) is 0 Å². The summed E-state index contributed by atoms with van der Waals surface area (Å²) < 4.78 is 28.3. The fraction of sp³-hybridized carbons (Fsp3) is 0.133. The first-order valence-corrected chi connectivity index (χ1v) is 6.15. The minimum atomic E-state index is -2.89. The number of anilines is 1. The predicted octanol–water partition coefficient (Wildman–Crippen LogP) is 3.53. The number of ether oxygens (including phenoxy) is 1. The molecule has 0 fully saturated rings. The van der Waals surface area contributed by atoms with E-state index in [0.29, 0.717) is 11.3 Å². The van der Waals surface area contributed by atoms with Gasteiger partial charge in [0.2, 0.25) is 0 Å². The molecule has 0 radical (unpaired) electrons. The van der Waals surface area contributed by atoms with Crippen LogP contribution in [0.5, 0.6) is 5.75 Å². The fourth-order valence-corrected chi connectivity index (χ4v) is 1.83. The zero-order valence-electron chi connectivity index (χ0n) is 10.9. The topological polar surface area (TPSA) is 58.6 Å². The Labute approximate surface area is 120 Å². The van der Waals surface area contributed by atoms with Gasteiger partial charge in [0.25, 0.3) is 0 Å². The molecule has 0 heterocycles. The van der Waals surface area contributed by atoms with E-state index in [2.05, 4.69) is 10.1 Å². The lowest BCUT2D eigenvalue weighted by Gasteiger charge is -2.16. The van der Waals surface area contributed by atoms with Crippen LogP contribution in [0.3, 0.4) is 0 Å². The Hall–Kier alpha value is -2.63. The molecular formula is C15H13F2NO3. The zero-order chi connectivity index (χ0) is 15.2. The third kappa shape index (κ3) is 4.17. The van der Waals surface area contributed by atoms with Crippen molar-refractivity contribution in [1.29, 1.82) is 0 Å². The average molecular weight is 293 g/mol. The lowest BCUT2D eigenvalue weighted by atomic mass is 10.1. The van der Waals surface area contributed by atoms with Gasteiger partial charge in [0.05, 0.1) is 0 Å². The highest BCUT2D eigenvalue weighted by molar-refractivity contribution is 5.79. The number of carboxylic acids is 1. The number of halogens is 2. The normalized spacial score (nSPS) is 12.0. The van der Waals surface area contributed by atoms with Crippen molar-refractivity contribution >= 4 is 11.7 Å². The molecule has 21 heavy (non-hydrogen) atoms. The van der Waals surface area contributed by atoms with Gasteiger partial charge in [-0.25, -0.2) is 4.79 Å². The molecule has 2 aromatic rings. The second-order valence-electron chi connectivity index (χ2n) is 4.23. The lowest BCUT2D eigenvalue weighted by Crippen LogP contribution is -2.20. The Morgan fingerprint density at radius 3 is 2.19 bits per heavy atom. The Balaban J connectivity index is 2.13. The van der Waals surface area contributed by atoms with Crippen LogP contribution in [-0.2, 0) is 4.79 Å². The van der Waals surface area contributed by atoms with E-state index in [1.54, 1.807) is 30.3 Å². The van der Waals surface area contributed by atoms with Crippen LogP contribution in [0.2, 0.25) is 0 Å². The van der Waals surface area contributed by atoms with Gasteiger partial charge in [-0.1, -0.05) is 30.3 Å². The van der Waals surface area contributed by atoms with Gasteiger partial charge in [0, 0.05) is 5.69 Å². The van der Waals surface area contributed by atoms with Crippen LogP contribution in [-0.4, -0.2) is 17.7 Å². The quantitative estimate of drug-likeness (QED) is 0.855. The number of aliphatic carboxylic acids is 1. The summed E-state index contributed by atoms with van der Waals surface area (Å²) in [5.74, 6) is -1.02. The van der Waals surface area contributed by atoms with Gasteiger partial charge in [-0.3, -0.25) is 0 Å². The summed E-state index contributed by atoms with van der Waals surface area (Å²) in [6.45, 7) is -2.89. The highest BCUT2D eigenvalue weighted by atomic mass is 19.3. The molecule has 0 saturated heterocycles. The van der Waals surface area contributed by atoms with E-state index in [0.717, 1.165) is 0 Å².